The Kier molecular flexibility index (Phi) is 7.92. The average molecular weight is 419 g/mol. The molecule has 29 heavy (non-hydrogen) atoms. The Bertz CT molecular complexity index is 891. The molecule has 7 nitrogen and oxygen atoms in total. The highest BCUT2D eigenvalue weighted by molar-refractivity contribution is 7.17. The Labute approximate surface area is 174 Å². The van der Waals surface area contributed by atoms with Crippen LogP contribution in [-0.4, -0.2) is 46.6 Å². The van der Waals surface area contributed by atoms with Crippen molar-refractivity contribution in [3.63, 3.8) is 0 Å². The van der Waals surface area contributed by atoms with E-state index in [1.807, 2.05) is 25.1 Å². The lowest BCUT2D eigenvalue weighted by Gasteiger charge is -2.28. The van der Waals surface area contributed by atoms with Crippen LogP contribution < -0.4 is 5.32 Å². The first-order valence-electron chi connectivity index (χ1n) is 9.33. The van der Waals surface area contributed by atoms with Crippen LogP contribution in [0.15, 0.2) is 24.3 Å². The first kappa shape index (κ1) is 22.6. The minimum absolute atomic E-state index is 0.250. The van der Waals surface area contributed by atoms with Crippen LogP contribution in [-0.2, 0) is 17.8 Å². The lowest BCUT2D eigenvalue weighted by atomic mass is 10.0. The fraction of sp³-hybridized carbons (Fsp3) is 0.381. The molecule has 1 amide bonds. The van der Waals surface area contributed by atoms with Crippen molar-refractivity contribution in [3.8, 4) is 0 Å². The normalized spacial score (nSPS) is 13.2. The fourth-order valence-electron chi connectivity index (χ4n) is 3.44. The van der Waals surface area contributed by atoms with Gasteiger partial charge < -0.3 is 15.5 Å². The number of nitrogens with zero attached hydrogens (tertiary/aromatic N) is 1. The van der Waals surface area contributed by atoms with Gasteiger partial charge in [-0.3, -0.25) is 14.5 Å². The van der Waals surface area contributed by atoms with Gasteiger partial charge in [-0.25, -0.2) is 4.79 Å². The van der Waals surface area contributed by atoms with E-state index in [1.165, 1.54) is 11.3 Å². The number of carboxylic acid groups (broad SMARTS) is 2. The molecule has 3 N–H and O–H groups in total. The van der Waals surface area contributed by atoms with Crippen LogP contribution in [0.3, 0.4) is 0 Å². The van der Waals surface area contributed by atoms with Gasteiger partial charge in [-0.2, -0.15) is 0 Å². The van der Waals surface area contributed by atoms with Gasteiger partial charge in [-0.05, 0) is 36.5 Å². The molecule has 0 bridgehead atoms. The number of hydrogen-bond donors (Lipinski definition) is 3. The molecule has 1 aromatic heterocycles. The number of aryl methyl sites for hydroxylation is 1. The molecule has 8 heteroatoms. The number of anilines is 1. The van der Waals surface area contributed by atoms with Gasteiger partial charge in [0.05, 0.1) is 5.56 Å². The molecule has 156 valence electrons. The summed E-state index contributed by atoms with van der Waals surface area (Å²) in [7, 11) is 0. The fourth-order valence-corrected chi connectivity index (χ4v) is 4.72. The molecule has 1 aliphatic heterocycles. The van der Waals surface area contributed by atoms with Crippen LogP contribution in [0.5, 0.6) is 0 Å². The molecule has 0 saturated carbocycles. The summed E-state index contributed by atoms with van der Waals surface area (Å²) in [5.41, 5.74) is 2.57. The first-order valence-corrected chi connectivity index (χ1v) is 10.1. The van der Waals surface area contributed by atoms with Gasteiger partial charge in [-0.1, -0.05) is 32.0 Å². The number of aromatic carboxylic acids is 1. The molecular formula is C21H26N2O5S. The van der Waals surface area contributed by atoms with Crippen LogP contribution in [0.25, 0.3) is 0 Å². The maximum Gasteiger partial charge on any atom is 0.339 e. The average Bonchev–Trinajstić information content (AvgIpc) is 2.99. The third kappa shape index (κ3) is 5.65. The molecule has 0 atom stereocenters. The summed E-state index contributed by atoms with van der Waals surface area (Å²) in [5, 5.41) is 19.9. The number of carbonyl (C=O) groups excluding carboxylic acids is 1. The SMILES string of the molecule is Cc1ccccc1C(=O)Nc1sc2c(c1C(=O)O)CCN(CC(C)C)C2.O=CO. The van der Waals surface area contributed by atoms with Gasteiger partial charge >= 0.3 is 5.97 Å². The van der Waals surface area contributed by atoms with Crippen LogP contribution >= 0.6 is 11.3 Å². The number of fused-ring (bicyclic) bond motifs is 1. The zero-order valence-electron chi connectivity index (χ0n) is 16.8. The van der Waals surface area contributed by atoms with Crippen LogP contribution in [0, 0.1) is 12.8 Å². The number of rotatable bonds is 5. The summed E-state index contributed by atoms with van der Waals surface area (Å²) < 4.78 is 0. The number of nitrogens with one attached hydrogen (secondary N) is 1. The Morgan fingerprint density at radius 1 is 1.31 bits per heavy atom. The van der Waals surface area contributed by atoms with Crippen molar-refractivity contribution in [2.75, 3.05) is 18.4 Å². The number of carboxylic acids is 1. The van der Waals surface area contributed by atoms with Crippen molar-refractivity contribution in [2.24, 2.45) is 5.92 Å². The molecule has 2 heterocycles. The van der Waals surface area contributed by atoms with E-state index in [4.69, 9.17) is 9.90 Å². The lowest BCUT2D eigenvalue weighted by molar-refractivity contribution is -0.122. The van der Waals surface area contributed by atoms with Crippen molar-refractivity contribution in [1.29, 1.82) is 0 Å². The van der Waals surface area contributed by atoms with E-state index in [0.717, 1.165) is 35.6 Å². The van der Waals surface area contributed by atoms with Gasteiger partial charge in [-0.15, -0.1) is 11.3 Å². The topological polar surface area (TPSA) is 107 Å². The van der Waals surface area contributed by atoms with E-state index in [2.05, 4.69) is 24.1 Å². The zero-order valence-corrected chi connectivity index (χ0v) is 17.6. The molecule has 0 fully saturated rings. The van der Waals surface area contributed by atoms with Gasteiger partial charge in [0, 0.05) is 30.1 Å². The number of thiophene rings is 1. The molecule has 0 unspecified atom stereocenters. The lowest BCUT2D eigenvalue weighted by Crippen LogP contribution is -2.33. The van der Waals surface area contributed by atoms with Crippen LogP contribution in [0.4, 0.5) is 5.00 Å². The summed E-state index contributed by atoms with van der Waals surface area (Å²) in [6.07, 6.45) is 0.709. The Balaban J connectivity index is 0.000000941. The van der Waals surface area contributed by atoms with E-state index >= 15 is 0 Å². The molecule has 1 aliphatic rings. The molecule has 0 aliphatic carbocycles. The second kappa shape index (κ2) is 10.2. The number of amides is 1. The Morgan fingerprint density at radius 3 is 2.55 bits per heavy atom. The predicted molar refractivity (Wildman–Crippen MR) is 113 cm³/mol. The number of hydrogen-bond acceptors (Lipinski definition) is 5. The number of benzene rings is 1. The highest BCUT2D eigenvalue weighted by atomic mass is 32.1. The maximum atomic E-state index is 12.6. The van der Waals surface area contributed by atoms with Crippen LogP contribution in [0.1, 0.15) is 50.6 Å². The smallest absolute Gasteiger partial charge is 0.339 e. The first-order chi connectivity index (χ1) is 13.8. The van der Waals surface area contributed by atoms with E-state index in [1.54, 1.807) is 6.07 Å². The van der Waals surface area contributed by atoms with E-state index in [-0.39, 0.29) is 17.9 Å². The van der Waals surface area contributed by atoms with Crippen LogP contribution in [0.2, 0.25) is 0 Å². The molecule has 3 rings (SSSR count). The minimum Gasteiger partial charge on any atom is -0.483 e. The third-order valence-electron chi connectivity index (χ3n) is 4.59. The van der Waals surface area contributed by atoms with E-state index < -0.39 is 5.97 Å². The molecule has 2 aromatic rings. The Morgan fingerprint density at radius 2 is 1.97 bits per heavy atom. The molecular weight excluding hydrogens is 392 g/mol. The van der Waals surface area contributed by atoms with E-state index in [0.29, 0.717) is 22.9 Å². The van der Waals surface area contributed by atoms with Gasteiger partial charge in [0.1, 0.15) is 5.00 Å². The molecule has 0 spiro atoms. The van der Waals surface area contributed by atoms with Crippen molar-refractivity contribution in [3.05, 3.63) is 51.4 Å². The largest absolute Gasteiger partial charge is 0.483 e. The van der Waals surface area contributed by atoms with Gasteiger partial charge in [0.25, 0.3) is 12.4 Å². The summed E-state index contributed by atoms with van der Waals surface area (Å²) in [6.45, 7) is 8.58. The van der Waals surface area contributed by atoms with Crippen molar-refractivity contribution < 1.29 is 24.6 Å². The highest BCUT2D eigenvalue weighted by Gasteiger charge is 2.29. The second-order valence-corrected chi connectivity index (χ2v) is 8.37. The molecule has 0 radical (unpaired) electrons. The summed E-state index contributed by atoms with van der Waals surface area (Å²) in [5.74, 6) is -0.668. The quantitative estimate of drug-likeness (QED) is 0.639. The van der Waals surface area contributed by atoms with Crippen molar-refractivity contribution >= 4 is 34.7 Å². The summed E-state index contributed by atoms with van der Waals surface area (Å²) >= 11 is 1.40. The zero-order chi connectivity index (χ0) is 21.6. The molecule has 1 aromatic carbocycles. The van der Waals surface area contributed by atoms with Gasteiger partial charge in [0.2, 0.25) is 0 Å². The van der Waals surface area contributed by atoms with Gasteiger partial charge in [0.15, 0.2) is 0 Å². The summed E-state index contributed by atoms with van der Waals surface area (Å²) in [6, 6.07) is 7.31. The minimum atomic E-state index is -0.972. The number of carbonyl (C=O) groups is 3. The summed E-state index contributed by atoms with van der Waals surface area (Å²) in [4.78, 5) is 36.2. The van der Waals surface area contributed by atoms with Crippen molar-refractivity contribution in [2.45, 2.75) is 33.7 Å². The monoisotopic (exact) mass is 418 g/mol. The predicted octanol–water partition coefficient (Wildman–Crippen LogP) is 3.72. The standard InChI is InChI=1S/C20H24N2O3S.CH2O2/c1-12(2)10-22-9-8-15-16(11-22)26-19(17(15)20(24)25)21-18(23)14-7-5-4-6-13(14)3;2-1-3/h4-7,12H,8-11H2,1-3H3,(H,21,23)(H,24,25);1H,(H,2,3). The Hall–Kier alpha value is -2.71. The molecule has 0 saturated heterocycles. The second-order valence-electron chi connectivity index (χ2n) is 7.27. The van der Waals surface area contributed by atoms with Crippen molar-refractivity contribution in [1.82, 2.24) is 4.90 Å². The third-order valence-corrected chi connectivity index (χ3v) is 5.72. The highest BCUT2D eigenvalue weighted by Crippen LogP contribution is 2.37. The van der Waals surface area contributed by atoms with E-state index in [9.17, 15) is 14.7 Å². The maximum absolute atomic E-state index is 12.6.